The minimum atomic E-state index is -1.21. The van der Waals surface area contributed by atoms with Gasteiger partial charge in [0, 0.05) is 24.2 Å². The van der Waals surface area contributed by atoms with E-state index in [9.17, 15) is 18.7 Å². The Morgan fingerprint density at radius 3 is 2.79 bits per heavy atom. The molecule has 0 bridgehead atoms. The van der Waals surface area contributed by atoms with E-state index in [1.165, 1.54) is 6.07 Å². The SMILES string of the molecule is CC(CNC(=O)O)Oc1c(F)cc(F)cc1CN[C@@H]1CCC[C@@H]1O. The van der Waals surface area contributed by atoms with E-state index in [1.807, 2.05) is 0 Å². The predicted octanol–water partition coefficient (Wildman–Crippen LogP) is 2.00. The van der Waals surface area contributed by atoms with Crippen LogP contribution in [0, 0.1) is 11.6 Å². The van der Waals surface area contributed by atoms with Gasteiger partial charge in [-0.3, -0.25) is 0 Å². The highest BCUT2D eigenvalue weighted by molar-refractivity contribution is 5.64. The van der Waals surface area contributed by atoms with Crippen LogP contribution in [0.3, 0.4) is 0 Å². The molecule has 1 saturated carbocycles. The van der Waals surface area contributed by atoms with E-state index < -0.39 is 29.9 Å². The van der Waals surface area contributed by atoms with E-state index in [4.69, 9.17) is 9.84 Å². The van der Waals surface area contributed by atoms with Gasteiger partial charge in [0.1, 0.15) is 11.9 Å². The van der Waals surface area contributed by atoms with Gasteiger partial charge in [-0.2, -0.15) is 0 Å². The van der Waals surface area contributed by atoms with Gasteiger partial charge in [-0.25, -0.2) is 13.6 Å². The van der Waals surface area contributed by atoms with Crippen LogP contribution in [-0.4, -0.2) is 41.1 Å². The minimum absolute atomic E-state index is 0.0274. The third-order valence-electron chi connectivity index (χ3n) is 3.98. The predicted molar refractivity (Wildman–Crippen MR) is 83.0 cm³/mol. The quantitative estimate of drug-likeness (QED) is 0.607. The molecule has 134 valence electrons. The molecule has 6 nitrogen and oxygen atoms in total. The first kappa shape index (κ1) is 18.4. The number of hydrogen-bond acceptors (Lipinski definition) is 4. The van der Waals surface area contributed by atoms with E-state index in [2.05, 4.69) is 10.6 Å². The molecule has 4 N–H and O–H groups in total. The Bertz CT molecular complexity index is 585. The molecule has 3 atom stereocenters. The Hall–Kier alpha value is -1.93. The number of amides is 1. The second-order valence-electron chi connectivity index (χ2n) is 5.98. The molecule has 0 saturated heterocycles. The normalized spacial score (nSPS) is 21.5. The molecule has 1 unspecified atom stereocenters. The molecule has 0 radical (unpaired) electrons. The van der Waals surface area contributed by atoms with Gasteiger partial charge in [0.25, 0.3) is 0 Å². The summed E-state index contributed by atoms with van der Waals surface area (Å²) >= 11 is 0. The number of aliphatic hydroxyl groups excluding tert-OH is 1. The first-order chi connectivity index (χ1) is 11.4. The van der Waals surface area contributed by atoms with Gasteiger partial charge in [-0.1, -0.05) is 0 Å². The monoisotopic (exact) mass is 344 g/mol. The van der Waals surface area contributed by atoms with Crippen molar-refractivity contribution in [2.75, 3.05) is 6.54 Å². The number of ether oxygens (including phenoxy) is 1. The van der Waals surface area contributed by atoms with Gasteiger partial charge in [0.15, 0.2) is 11.6 Å². The molecular weight excluding hydrogens is 322 g/mol. The van der Waals surface area contributed by atoms with Gasteiger partial charge in [-0.05, 0) is 32.3 Å². The molecule has 0 aromatic heterocycles. The van der Waals surface area contributed by atoms with Crippen LogP contribution >= 0.6 is 0 Å². The van der Waals surface area contributed by atoms with Crippen molar-refractivity contribution in [3.63, 3.8) is 0 Å². The molecule has 1 aromatic rings. The molecule has 8 heteroatoms. The van der Waals surface area contributed by atoms with E-state index in [1.54, 1.807) is 6.92 Å². The summed E-state index contributed by atoms with van der Waals surface area (Å²) in [5.41, 5.74) is 0.286. The molecule has 1 aromatic carbocycles. The van der Waals surface area contributed by atoms with Gasteiger partial charge >= 0.3 is 6.09 Å². The van der Waals surface area contributed by atoms with Crippen LogP contribution in [0.15, 0.2) is 12.1 Å². The van der Waals surface area contributed by atoms with Crippen LogP contribution in [0.2, 0.25) is 0 Å². The number of benzene rings is 1. The van der Waals surface area contributed by atoms with E-state index >= 15 is 0 Å². The maximum absolute atomic E-state index is 14.1. The first-order valence-electron chi connectivity index (χ1n) is 7.89. The molecule has 0 aliphatic heterocycles. The Morgan fingerprint density at radius 2 is 2.17 bits per heavy atom. The number of carboxylic acid groups (broad SMARTS) is 1. The second kappa shape index (κ2) is 8.25. The summed E-state index contributed by atoms with van der Waals surface area (Å²) in [5.74, 6) is -1.68. The molecule has 0 spiro atoms. The van der Waals surface area contributed by atoms with Crippen molar-refractivity contribution >= 4 is 6.09 Å². The second-order valence-corrected chi connectivity index (χ2v) is 5.98. The smallest absolute Gasteiger partial charge is 0.404 e. The highest BCUT2D eigenvalue weighted by Crippen LogP contribution is 2.27. The number of halogens is 2. The van der Waals surface area contributed by atoms with Crippen molar-refractivity contribution in [2.24, 2.45) is 0 Å². The maximum atomic E-state index is 14.1. The average Bonchev–Trinajstić information content (AvgIpc) is 2.91. The summed E-state index contributed by atoms with van der Waals surface area (Å²) in [4.78, 5) is 10.5. The fourth-order valence-corrected chi connectivity index (χ4v) is 2.77. The zero-order valence-electron chi connectivity index (χ0n) is 13.4. The molecule has 1 aliphatic carbocycles. The molecule has 0 heterocycles. The third-order valence-corrected chi connectivity index (χ3v) is 3.98. The van der Waals surface area contributed by atoms with Crippen molar-refractivity contribution in [1.29, 1.82) is 0 Å². The Kier molecular flexibility index (Phi) is 6.33. The van der Waals surface area contributed by atoms with Crippen LogP contribution in [0.1, 0.15) is 31.7 Å². The van der Waals surface area contributed by atoms with E-state index in [0.717, 1.165) is 18.9 Å². The van der Waals surface area contributed by atoms with Crippen LogP contribution in [0.4, 0.5) is 13.6 Å². The number of hydrogen-bond donors (Lipinski definition) is 4. The van der Waals surface area contributed by atoms with Crippen molar-refractivity contribution in [2.45, 2.75) is 51.0 Å². The molecule has 1 aliphatic rings. The molecule has 1 fully saturated rings. The van der Waals surface area contributed by atoms with Crippen molar-refractivity contribution in [3.05, 3.63) is 29.3 Å². The zero-order chi connectivity index (χ0) is 17.7. The van der Waals surface area contributed by atoms with Crippen molar-refractivity contribution in [1.82, 2.24) is 10.6 Å². The average molecular weight is 344 g/mol. The lowest BCUT2D eigenvalue weighted by Crippen LogP contribution is -2.35. The maximum Gasteiger partial charge on any atom is 0.404 e. The molecule has 2 rings (SSSR count). The zero-order valence-corrected chi connectivity index (χ0v) is 13.4. The van der Waals surface area contributed by atoms with Crippen LogP contribution in [0.5, 0.6) is 5.75 Å². The summed E-state index contributed by atoms with van der Waals surface area (Å²) in [6.07, 6.45) is 0.104. The Labute approximate surface area is 138 Å². The van der Waals surface area contributed by atoms with E-state index in [-0.39, 0.29) is 30.4 Å². The lowest BCUT2D eigenvalue weighted by atomic mass is 10.1. The largest absolute Gasteiger partial charge is 0.485 e. The number of rotatable bonds is 7. The van der Waals surface area contributed by atoms with Crippen molar-refractivity contribution < 1.29 is 28.5 Å². The fourth-order valence-electron chi connectivity index (χ4n) is 2.77. The lowest BCUT2D eigenvalue weighted by molar-refractivity contribution is 0.148. The van der Waals surface area contributed by atoms with Crippen LogP contribution in [0.25, 0.3) is 0 Å². The Balaban J connectivity index is 2.06. The summed E-state index contributed by atoms with van der Waals surface area (Å²) in [5, 5.41) is 23.6. The number of aliphatic hydroxyl groups is 1. The molecule has 24 heavy (non-hydrogen) atoms. The van der Waals surface area contributed by atoms with Gasteiger partial charge in [0.05, 0.1) is 12.6 Å². The Morgan fingerprint density at radius 1 is 1.42 bits per heavy atom. The van der Waals surface area contributed by atoms with Gasteiger partial charge in [0.2, 0.25) is 0 Å². The van der Waals surface area contributed by atoms with Crippen LogP contribution < -0.4 is 15.4 Å². The topological polar surface area (TPSA) is 90.8 Å². The highest BCUT2D eigenvalue weighted by atomic mass is 19.1. The van der Waals surface area contributed by atoms with Gasteiger partial charge < -0.3 is 25.6 Å². The molecule has 1 amide bonds. The first-order valence-corrected chi connectivity index (χ1v) is 7.89. The van der Waals surface area contributed by atoms with Gasteiger partial charge in [-0.15, -0.1) is 0 Å². The van der Waals surface area contributed by atoms with Crippen molar-refractivity contribution in [3.8, 4) is 5.75 Å². The molecular formula is C16H22F2N2O4. The summed E-state index contributed by atoms with van der Waals surface area (Å²) in [6, 6.07) is 1.78. The van der Waals surface area contributed by atoms with E-state index in [0.29, 0.717) is 6.42 Å². The number of nitrogens with one attached hydrogen (secondary N) is 2. The summed E-state index contributed by atoms with van der Waals surface area (Å²) in [6.45, 7) is 1.70. The minimum Gasteiger partial charge on any atom is -0.485 e. The summed E-state index contributed by atoms with van der Waals surface area (Å²) < 4.78 is 33.0. The number of carbonyl (C=O) groups is 1. The standard InChI is InChI=1S/C16H22F2N2O4/c1-9(7-20-16(22)23)24-15-10(5-11(17)6-12(15)18)8-19-13-3-2-4-14(13)21/h5-6,9,13-14,19-21H,2-4,7-8H2,1H3,(H,22,23)/t9?,13-,14+/m1/s1. The summed E-state index contributed by atoms with van der Waals surface area (Å²) in [7, 11) is 0. The third kappa shape index (κ3) is 5.04. The highest BCUT2D eigenvalue weighted by Gasteiger charge is 2.25. The fraction of sp³-hybridized carbons (Fsp3) is 0.562. The lowest BCUT2D eigenvalue weighted by Gasteiger charge is -2.21. The van der Waals surface area contributed by atoms with Crippen LogP contribution in [-0.2, 0) is 6.54 Å².